The van der Waals surface area contributed by atoms with E-state index in [4.69, 9.17) is 0 Å². The first kappa shape index (κ1) is 17.4. The van der Waals surface area contributed by atoms with E-state index in [-0.39, 0.29) is 17.7 Å². The van der Waals surface area contributed by atoms with Gasteiger partial charge in [0.2, 0.25) is 10.8 Å². The van der Waals surface area contributed by atoms with Crippen molar-refractivity contribution in [2.24, 2.45) is 5.92 Å². The number of benzene rings is 1. The molecule has 3 atom stereocenters. The Hall–Kier alpha value is -1.99. The predicted octanol–water partition coefficient (Wildman–Crippen LogP) is 2.60. The Balaban J connectivity index is 1.82. The topological polar surface area (TPSA) is 54.9 Å². The number of hydrogen-bond donors (Lipinski definition) is 2. The molecule has 1 saturated heterocycles. The van der Waals surface area contributed by atoms with E-state index in [1.807, 2.05) is 13.0 Å². The fraction of sp³-hybridized carbons (Fsp3) is 0.474. The van der Waals surface area contributed by atoms with E-state index in [9.17, 15) is 9.50 Å². The second-order valence-corrected chi connectivity index (χ2v) is 8.22. The normalized spacial score (nSPS) is 22.0. The molecule has 0 bridgehead atoms. The van der Waals surface area contributed by atoms with Crippen LogP contribution in [0.1, 0.15) is 49.0 Å². The summed E-state index contributed by atoms with van der Waals surface area (Å²) in [7, 11) is 0. The van der Waals surface area contributed by atoms with Crippen LogP contribution in [0.2, 0.25) is 0 Å². The number of aromatic hydroxyl groups is 1. The Labute approximate surface area is 156 Å². The van der Waals surface area contributed by atoms with Gasteiger partial charge in [-0.1, -0.05) is 37.3 Å². The van der Waals surface area contributed by atoms with Crippen LogP contribution in [0.15, 0.2) is 24.3 Å². The maximum atomic E-state index is 13.9. The number of thiazole rings is 1. The molecule has 3 heterocycles. The molecule has 1 aliphatic rings. The third-order valence-electron chi connectivity index (χ3n) is 5.22. The zero-order chi connectivity index (χ0) is 18.3. The largest absolute Gasteiger partial charge is 0.492 e. The minimum absolute atomic E-state index is 0.105. The van der Waals surface area contributed by atoms with Gasteiger partial charge in [-0.2, -0.15) is 4.52 Å². The number of hydrogen-bond acceptors (Lipinski definition) is 4. The van der Waals surface area contributed by atoms with Crippen LogP contribution in [0.4, 0.5) is 4.39 Å². The lowest BCUT2D eigenvalue weighted by Crippen LogP contribution is -3.13. The number of nitrogens with zero attached hydrogens (tertiary/aromatic N) is 3. The SMILES string of the molecule is CCc1nc2sc([C@H](c3cccc(F)c3)[NH+]3CCC[C@H](C)C3)c(O)n2n1. The van der Waals surface area contributed by atoms with E-state index in [1.165, 1.54) is 33.2 Å². The average molecular weight is 375 g/mol. The number of piperidine rings is 1. The van der Waals surface area contributed by atoms with Crippen molar-refractivity contribution in [3.63, 3.8) is 0 Å². The fourth-order valence-electron chi connectivity index (χ4n) is 3.98. The highest BCUT2D eigenvalue weighted by atomic mass is 32.1. The highest BCUT2D eigenvalue weighted by Gasteiger charge is 2.35. The summed E-state index contributed by atoms with van der Waals surface area (Å²) in [5.74, 6) is 1.23. The molecular formula is C19H24FN4OS+. The number of fused-ring (bicyclic) bond motifs is 1. The third-order valence-corrected chi connectivity index (χ3v) is 6.30. The number of aromatic nitrogens is 3. The number of halogens is 1. The number of quaternary nitrogens is 1. The van der Waals surface area contributed by atoms with Gasteiger partial charge in [-0.25, -0.2) is 9.37 Å². The number of rotatable bonds is 4. The van der Waals surface area contributed by atoms with Gasteiger partial charge in [-0.15, -0.1) is 5.10 Å². The molecule has 1 fully saturated rings. The van der Waals surface area contributed by atoms with Crippen LogP contribution in [-0.2, 0) is 6.42 Å². The minimum Gasteiger partial charge on any atom is -0.492 e. The van der Waals surface area contributed by atoms with Crippen molar-refractivity contribution < 1.29 is 14.4 Å². The average Bonchev–Trinajstić information content (AvgIpc) is 3.15. The Morgan fingerprint density at radius 1 is 1.46 bits per heavy atom. The van der Waals surface area contributed by atoms with E-state index in [0.717, 1.165) is 42.2 Å². The molecule has 1 aromatic carbocycles. The van der Waals surface area contributed by atoms with Gasteiger partial charge >= 0.3 is 0 Å². The maximum absolute atomic E-state index is 13.9. The molecule has 0 aliphatic carbocycles. The fourth-order valence-corrected chi connectivity index (χ4v) is 5.14. The summed E-state index contributed by atoms with van der Waals surface area (Å²) in [4.78, 5) is 7.37. The van der Waals surface area contributed by atoms with Crippen LogP contribution >= 0.6 is 11.3 Å². The molecule has 2 aromatic heterocycles. The molecule has 1 unspecified atom stereocenters. The molecule has 26 heavy (non-hydrogen) atoms. The molecule has 0 amide bonds. The molecule has 5 nitrogen and oxygen atoms in total. The second-order valence-electron chi connectivity index (χ2n) is 7.21. The monoisotopic (exact) mass is 375 g/mol. The highest BCUT2D eigenvalue weighted by molar-refractivity contribution is 7.17. The molecule has 1 aliphatic heterocycles. The summed E-state index contributed by atoms with van der Waals surface area (Å²) < 4.78 is 15.5. The Morgan fingerprint density at radius 3 is 3.00 bits per heavy atom. The Bertz CT molecular complexity index is 922. The summed E-state index contributed by atoms with van der Waals surface area (Å²) in [5.41, 5.74) is 0.893. The van der Waals surface area contributed by atoms with Gasteiger partial charge < -0.3 is 10.0 Å². The molecule has 3 aromatic rings. The minimum atomic E-state index is -0.246. The quantitative estimate of drug-likeness (QED) is 0.737. The number of nitrogens with one attached hydrogen (secondary N) is 1. The van der Waals surface area contributed by atoms with Crippen molar-refractivity contribution >= 4 is 16.3 Å². The first-order valence-electron chi connectivity index (χ1n) is 9.24. The first-order chi connectivity index (χ1) is 12.6. The van der Waals surface area contributed by atoms with Crippen LogP contribution in [0.3, 0.4) is 0 Å². The van der Waals surface area contributed by atoms with Gasteiger partial charge in [0.25, 0.3) is 0 Å². The van der Waals surface area contributed by atoms with E-state index < -0.39 is 0 Å². The van der Waals surface area contributed by atoms with Crippen molar-refractivity contribution in [2.75, 3.05) is 13.1 Å². The zero-order valence-corrected chi connectivity index (χ0v) is 15.9. The summed E-state index contributed by atoms with van der Waals surface area (Å²) >= 11 is 1.46. The van der Waals surface area contributed by atoms with Gasteiger partial charge in [-0.3, -0.25) is 0 Å². The van der Waals surface area contributed by atoms with E-state index >= 15 is 0 Å². The van der Waals surface area contributed by atoms with Crippen molar-refractivity contribution in [1.82, 2.24) is 14.6 Å². The molecular weight excluding hydrogens is 351 g/mol. The van der Waals surface area contributed by atoms with Crippen molar-refractivity contribution in [3.05, 3.63) is 46.3 Å². The molecule has 0 spiro atoms. The summed E-state index contributed by atoms with van der Waals surface area (Å²) in [6, 6.07) is 6.64. The highest BCUT2D eigenvalue weighted by Crippen LogP contribution is 2.35. The molecule has 7 heteroatoms. The van der Waals surface area contributed by atoms with E-state index in [2.05, 4.69) is 17.0 Å². The van der Waals surface area contributed by atoms with Crippen molar-refractivity contribution in [3.8, 4) is 5.88 Å². The van der Waals surface area contributed by atoms with E-state index in [1.54, 1.807) is 12.1 Å². The lowest BCUT2D eigenvalue weighted by atomic mass is 9.95. The maximum Gasteiger partial charge on any atom is 0.235 e. The van der Waals surface area contributed by atoms with Crippen LogP contribution in [0.25, 0.3) is 4.96 Å². The van der Waals surface area contributed by atoms with Crippen LogP contribution in [0, 0.1) is 11.7 Å². The van der Waals surface area contributed by atoms with Crippen molar-refractivity contribution in [1.29, 1.82) is 0 Å². The molecule has 2 N–H and O–H groups in total. The standard InChI is InChI=1S/C19H23FN4OS/c1-3-15-21-19-24(22-15)18(25)17(26-19)16(13-7-4-8-14(20)10-13)23-9-5-6-12(2)11-23/h4,7-8,10,12,16,25H,3,5-6,9,11H2,1-2H3/p+1/t12-,16-/m0/s1. The van der Waals surface area contributed by atoms with Gasteiger partial charge in [0, 0.05) is 17.9 Å². The van der Waals surface area contributed by atoms with Crippen LogP contribution in [0.5, 0.6) is 5.88 Å². The van der Waals surface area contributed by atoms with Crippen LogP contribution in [-0.4, -0.2) is 32.8 Å². The summed E-state index contributed by atoms with van der Waals surface area (Å²) in [6.45, 7) is 6.28. The summed E-state index contributed by atoms with van der Waals surface area (Å²) in [5, 5.41) is 15.2. The van der Waals surface area contributed by atoms with Gasteiger partial charge in [0.15, 0.2) is 11.9 Å². The second kappa shape index (κ2) is 6.96. The van der Waals surface area contributed by atoms with Crippen molar-refractivity contribution in [2.45, 2.75) is 39.2 Å². The van der Waals surface area contributed by atoms with E-state index in [0.29, 0.717) is 10.9 Å². The van der Waals surface area contributed by atoms with Gasteiger partial charge in [-0.05, 0) is 25.0 Å². The van der Waals surface area contributed by atoms with Gasteiger partial charge in [0.1, 0.15) is 10.7 Å². The van der Waals surface area contributed by atoms with Gasteiger partial charge in [0.05, 0.1) is 13.1 Å². The first-order valence-corrected chi connectivity index (χ1v) is 10.1. The molecule has 4 rings (SSSR count). The third kappa shape index (κ3) is 3.10. The predicted molar refractivity (Wildman–Crippen MR) is 99.2 cm³/mol. The molecule has 0 saturated carbocycles. The Kier molecular flexibility index (Phi) is 4.67. The molecule has 0 radical (unpaired) electrons. The Morgan fingerprint density at radius 2 is 2.31 bits per heavy atom. The molecule has 138 valence electrons. The zero-order valence-electron chi connectivity index (χ0n) is 15.1. The number of aryl methyl sites for hydroxylation is 1. The lowest BCUT2D eigenvalue weighted by Gasteiger charge is -2.34. The van der Waals surface area contributed by atoms with Crippen LogP contribution < -0.4 is 4.90 Å². The smallest absolute Gasteiger partial charge is 0.235 e. The summed E-state index contributed by atoms with van der Waals surface area (Å²) in [6.07, 6.45) is 3.09. The number of likely N-dealkylation sites (tertiary alicyclic amines) is 1. The lowest BCUT2D eigenvalue weighted by molar-refractivity contribution is -0.933.